The summed E-state index contributed by atoms with van der Waals surface area (Å²) in [4.78, 5) is 35.2. The van der Waals surface area contributed by atoms with Crippen molar-refractivity contribution in [1.82, 2.24) is 0 Å². The monoisotopic (exact) mass is 440 g/mol. The first kappa shape index (κ1) is 25.8. The van der Waals surface area contributed by atoms with Crippen LogP contribution in [0.15, 0.2) is 0 Å². The first-order valence-corrected chi connectivity index (χ1v) is 11.6. The van der Waals surface area contributed by atoms with E-state index in [1.54, 1.807) is 0 Å². The van der Waals surface area contributed by atoms with Crippen molar-refractivity contribution in [3.8, 4) is 0 Å². The molecule has 0 radical (unpaired) electrons. The number of ether oxygens (including phenoxy) is 4. The smallest absolute Gasteiger partial charge is 0.303 e. The summed E-state index contributed by atoms with van der Waals surface area (Å²) in [5, 5.41) is 0. The fourth-order valence-corrected chi connectivity index (χ4v) is 4.32. The summed E-state index contributed by atoms with van der Waals surface area (Å²) in [6, 6.07) is 0. The molecule has 2 saturated heterocycles. The van der Waals surface area contributed by atoms with Crippen molar-refractivity contribution in [2.24, 2.45) is 11.8 Å². The molecule has 7 heteroatoms. The maximum Gasteiger partial charge on any atom is 0.303 e. The van der Waals surface area contributed by atoms with E-state index in [4.69, 9.17) is 18.9 Å². The second kappa shape index (κ2) is 10.9. The molecule has 0 N–H and O–H groups in total. The van der Waals surface area contributed by atoms with Crippen LogP contribution in [0.3, 0.4) is 0 Å². The molecule has 0 saturated carbocycles. The number of hydrogen-bond acceptors (Lipinski definition) is 7. The average Bonchev–Trinajstić information content (AvgIpc) is 3.30. The van der Waals surface area contributed by atoms with Gasteiger partial charge >= 0.3 is 11.9 Å². The van der Waals surface area contributed by atoms with E-state index in [1.807, 2.05) is 27.7 Å². The lowest BCUT2D eigenvalue weighted by Crippen LogP contribution is -2.44. The highest BCUT2D eigenvalue weighted by Gasteiger charge is 2.48. The minimum Gasteiger partial charge on any atom is -0.466 e. The molecular formula is C24H40O7. The molecule has 178 valence electrons. The van der Waals surface area contributed by atoms with Crippen LogP contribution in [0, 0.1) is 11.8 Å². The molecule has 0 spiro atoms. The highest BCUT2D eigenvalue weighted by molar-refractivity contribution is 5.81. The van der Waals surface area contributed by atoms with Crippen LogP contribution in [-0.2, 0) is 33.3 Å². The van der Waals surface area contributed by atoms with E-state index in [2.05, 4.69) is 0 Å². The van der Waals surface area contributed by atoms with Crippen molar-refractivity contribution in [3.05, 3.63) is 0 Å². The van der Waals surface area contributed by atoms with Gasteiger partial charge in [-0.3, -0.25) is 14.4 Å². The number of rotatable bonds is 11. The lowest BCUT2D eigenvalue weighted by atomic mass is 9.86. The fourth-order valence-electron chi connectivity index (χ4n) is 4.32. The second-order valence-corrected chi connectivity index (χ2v) is 9.97. The minimum atomic E-state index is -0.591. The van der Waals surface area contributed by atoms with Crippen molar-refractivity contribution >= 4 is 17.7 Å². The zero-order valence-electron chi connectivity index (χ0n) is 20.0. The average molecular weight is 441 g/mol. The van der Waals surface area contributed by atoms with Crippen LogP contribution in [0.4, 0.5) is 0 Å². The van der Waals surface area contributed by atoms with Crippen LogP contribution < -0.4 is 0 Å². The molecule has 2 aliphatic heterocycles. The molecule has 7 nitrogen and oxygen atoms in total. The van der Waals surface area contributed by atoms with Gasteiger partial charge in [-0.1, -0.05) is 6.92 Å². The predicted molar refractivity (Wildman–Crippen MR) is 115 cm³/mol. The molecule has 2 aliphatic rings. The van der Waals surface area contributed by atoms with E-state index >= 15 is 0 Å². The maximum absolute atomic E-state index is 12.5. The Hall–Kier alpha value is -1.47. The summed E-state index contributed by atoms with van der Waals surface area (Å²) in [5.74, 6) is -0.129. The molecular weight excluding hydrogens is 400 g/mol. The molecule has 0 bridgehead atoms. The number of esters is 2. The van der Waals surface area contributed by atoms with Crippen molar-refractivity contribution in [2.75, 3.05) is 13.2 Å². The van der Waals surface area contributed by atoms with Gasteiger partial charge in [-0.05, 0) is 65.2 Å². The largest absolute Gasteiger partial charge is 0.466 e. The normalized spacial score (nSPS) is 30.7. The summed E-state index contributed by atoms with van der Waals surface area (Å²) in [6.07, 6.45) is 4.78. The zero-order valence-corrected chi connectivity index (χ0v) is 20.0. The molecule has 0 aliphatic carbocycles. The summed E-state index contributed by atoms with van der Waals surface area (Å²) >= 11 is 0. The lowest BCUT2D eigenvalue weighted by molar-refractivity contribution is -0.169. The Morgan fingerprint density at radius 3 is 2.35 bits per heavy atom. The van der Waals surface area contributed by atoms with Gasteiger partial charge in [-0.25, -0.2) is 0 Å². The molecule has 2 heterocycles. The summed E-state index contributed by atoms with van der Waals surface area (Å²) < 4.78 is 22.5. The van der Waals surface area contributed by atoms with Crippen LogP contribution in [-0.4, -0.2) is 54.3 Å². The Bertz CT molecular complexity index is 644. The number of carbonyl (C=O) groups is 3. The third-order valence-electron chi connectivity index (χ3n) is 6.72. The first-order valence-electron chi connectivity index (χ1n) is 11.6. The Morgan fingerprint density at radius 1 is 1.10 bits per heavy atom. The van der Waals surface area contributed by atoms with E-state index in [9.17, 15) is 14.4 Å². The second-order valence-electron chi connectivity index (χ2n) is 9.97. The summed E-state index contributed by atoms with van der Waals surface area (Å²) in [7, 11) is 0. The SMILES string of the molecule is CC(=O)OCCC1CC[C@@H](OC(C)=O)C(C)(CCCC(C)C(=O)CC2OC2(C)C)OC1. The number of hydrogen-bond donors (Lipinski definition) is 0. The Balaban J connectivity index is 1.86. The van der Waals surface area contributed by atoms with E-state index in [0.29, 0.717) is 32.5 Å². The first-order chi connectivity index (χ1) is 14.4. The molecule has 0 aromatic rings. The molecule has 31 heavy (non-hydrogen) atoms. The van der Waals surface area contributed by atoms with Crippen molar-refractivity contribution < 1.29 is 33.3 Å². The van der Waals surface area contributed by atoms with Gasteiger partial charge in [-0.15, -0.1) is 0 Å². The third kappa shape index (κ3) is 8.19. The van der Waals surface area contributed by atoms with Crippen LogP contribution in [0.1, 0.15) is 86.5 Å². The van der Waals surface area contributed by atoms with E-state index in [-0.39, 0.29) is 47.4 Å². The highest BCUT2D eigenvalue weighted by Crippen LogP contribution is 2.39. The van der Waals surface area contributed by atoms with Gasteiger partial charge in [0, 0.05) is 26.2 Å². The molecule has 2 rings (SSSR count). The van der Waals surface area contributed by atoms with E-state index in [0.717, 1.165) is 25.7 Å². The minimum absolute atomic E-state index is 0.0296. The van der Waals surface area contributed by atoms with Gasteiger partial charge < -0.3 is 18.9 Å². The molecule has 0 aromatic carbocycles. The molecule has 2 fully saturated rings. The van der Waals surface area contributed by atoms with Crippen molar-refractivity contribution in [3.63, 3.8) is 0 Å². The summed E-state index contributed by atoms with van der Waals surface area (Å²) in [5.41, 5.74) is -0.757. The highest BCUT2D eigenvalue weighted by atomic mass is 16.6. The van der Waals surface area contributed by atoms with Crippen molar-refractivity contribution in [2.45, 2.75) is 110 Å². The third-order valence-corrected chi connectivity index (χ3v) is 6.72. The number of Topliss-reactive ketones (excluding diaryl/α,β-unsaturated/α-hetero) is 1. The van der Waals surface area contributed by atoms with E-state index < -0.39 is 5.60 Å². The van der Waals surface area contributed by atoms with Gasteiger partial charge in [0.15, 0.2) is 0 Å². The molecule has 5 atom stereocenters. The maximum atomic E-state index is 12.5. The molecule has 4 unspecified atom stereocenters. The predicted octanol–water partition coefficient (Wildman–Crippen LogP) is 4.00. The lowest BCUT2D eigenvalue weighted by Gasteiger charge is -2.35. The van der Waals surface area contributed by atoms with Crippen LogP contribution in [0.25, 0.3) is 0 Å². The molecule has 0 amide bonds. The van der Waals surface area contributed by atoms with Gasteiger partial charge in [0.25, 0.3) is 0 Å². The van der Waals surface area contributed by atoms with Crippen LogP contribution >= 0.6 is 0 Å². The van der Waals surface area contributed by atoms with Crippen LogP contribution in [0.5, 0.6) is 0 Å². The topological polar surface area (TPSA) is 91.4 Å². The molecule has 0 aromatic heterocycles. The van der Waals surface area contributed by atoms with Gasteiger partial charge in [-0.2, -0.15) is 0 Å². The standard InChI is InChI=1S/C24H40O7/c1-16(20(27)14-22-23(4,5)31-22)8-7-12-24(6)21(30-18(3)26)10-9-19(15-29-24)11-13-28-17(2)25/h16,19,21-22H,7-15H2,1-6H3/t16?,19?,21-,22?,24?/m1/s1. The van der Waals surface area contributed by atoms with Crippen LogP contribution in [0.2, 0.25) is 0 Å². The Morgan fingerprint density at radius 2 is 1.77 bits per heavy atom. The zero-order chi connectivity index (χ0) is 23.2. The van der Waals surface area contributed by atoms with Crippen molar-refractivity contribution in [1.29, 1.82) is 0 Å². The van der Waals surface area contributed by atoms with Gasteiger partial charge in [0.1, 0.15) is 17.5 Å². The number of carbonyl (C=O) groups excluding carboxylic acids is 3. The van der Waals surface area contributed by atoms with Gasteiger partial charge in [0.05, 0.1) is 24.9 Å². The number of ketones is 1. The number of epoxide rings is 1. The Labute approximate surface area is 186 Å². The fraction of sp³-hybridized carbons (Fsp3) is 0.875. The quantitative estimate of drug-likeness (QED) is 0.354. The summed E-state index contributed by atoms with van der Waals surface area (Å²) in [6.45, 7) is 11.7. The van der Waals surface area contributed by atoms with Gasteiger partial charge in [0.2, 0.25) is 0 Å². The Kier molecular flexibility index (Phi) is 9.07. The van der Waals surface area contributed by atoms with E-state index in [1.165, 1.54) is 13.8 Å².